The molecule has 0 radical (unpaired) electrons. The maximum Gasteiger partial charge on any atom is 0.132 e. The molecule has 2 aliphatic heterocycles. The van der Waals surface area contributed by atoms with Crippen LogP contribution in [-0.2, 0) is 14.3 Å². The Morgan fingerprint density at radius 3 is 2.39 bits per heavy atom. The molecular formula is C15H24O3. The molecule has 2 saturated heterocycles. The van der Waals surface area contributed by atoms with Gasteiger partial charge in [-0.25, -0.2) is 0 Å². The van der Waals surface area contributed by atoms with Crippen molar-refractivity contribution in [2.24, 2.45) is 11.8 Å². The van der Waals surface area contributed by atoms with Crippen molar-refractivity contribution in [3.8, 4) is 0 Å². The van der Waals surface area contributed by atoms with E-state index in [0.717, 1.165) is 70.2 Å². The van der Waals surface area contributed by atoms with Crippen molar-refractivity contribution in [3.05, 3.63) is 0 Å². The average molecular weight is 252 g/mol. The Morgan fingerprint density at radius 2 is 1.67 bits per heavy atom. The molecule has 18 heavy (non-hydrogen) atoms. The summed E-state index contributed by atoms with van der Waals surface area (Å²) in [5, 5.41) is 0. The number of Topliss-reactive ketones (excluding diaryl/α,β-unsaturated/α-hetero) is 1. The van der Waals surface area contributed by atoms with Crippen LogP contribution in [-0.4, -0.2) is 31.2 Å². The summed E-state index contributed by atoms with van der Waals surface area (Å²) in [6.45, 7) is 2.63. The number of ketones is 1. The second kappa shape index (κ2) is 5.30. The normalized spacial score (nSPS) is 33.8. The van der Waals surface area contributed by atoms with Crippen LogP contribution in [0.3, 0.4) is 0 Å². The highest BCUT2D eigenvalue weighted by atomic mass is 16.5. The smallest absolute Gasteiger partial charge is 0.132 e. The van der Waals surface area contributed by atoms with Crippen LogP contribution in [0.5, 0.6) is 0 Å². The molecule has 0 N–H and O–H groups in total. The van der Waals surface area contributed by atoms with Gasteiger partial charge in [-0.2, -0.15) is 0 Å². The maximum absolute atomic E-state index is 11.3. The molecule has 102 valence electrons. The van der Waals surface area contributed by atoms with Gasteiger partial charge in [-0.05, 0) is 50.4 Å². The molecule has 0 bridgehead atoms. The third kappa shape index (κ3) is 2.62. The Kier molecular flexibility index (Phi) is 3.71. The molecule has 2 heterocycles. The van der Waals surface area contributed by atoms with E-state index in [9.17, 15) is 4.79 Å². The van der Waals surface area contributed by atoms with Crippen LogP contribution in [0.1, 0.15) is 51.4 Å². The lowest BCUT2D eigenvalue weighted by molar-refractivity contribution is -0.154. The van der Waals surface area contributed by atoms with Crippen molar-refractivity contribution in [1.29, 1.82) is 0 Å². The van der Waals surface area contributed by atoms with Gasteiger partial charge in [-0.1, -0.05) is 0 Å². The minimum Gasteiger partial charge on any atom is -0.381 e. The first-order valence-electron chi connectivity index (χ1n) is 7.51. The Balaban J connectivity index is 1.61. The fourth-order valence-corrected chi connectivity index (χ4v) is 3.99. The molecular weight excluding hydrogens is 228 g/mol. The van der Waals surface area contributed by atoms with E-state index in [1.165, 1.54) is 12.8 Å². The van der Waals surface area contributed by atoms with E-state index in [4.69, 9.17) is 9.47 Å². The highest BCUT2D eigenvalue weighted by Crippen LogP contribution is 2.43. The Labute approximate surface area is 109 Å². The zero-order chi connectivity index (χ0) is 12.4. The highest BCUT2D eigenvalue weighted by molar-refractivity contribution is 5.79. The summed E-state index contributed by atoms with van der Waals surface area (Å²) in [5.41, 5.74) is 0.114. The minimum absolute atomic E-state index is 0.114. The van der Waals surface area contributed by atoms with E-state index < -0.39 is 0 Å². The molecule has 0 aromatic carbocycles. The lowest BCUT2D eigenvalue weighted by Gasteiger charge is -2.46. The molecule has 0 amide bonds. The van der Waals surface area contributed by atoms with Crippen molar-refractivity contribution in [1.82, 2.24) is 0 Å². The molecule has 1 aliphatic carbocycles. The van der Waals surface area contributed by atoms with Crippen molar-refractivity contribution >= 4 is 5.78 Å². The molecule has 0 aromatic rings. The third-order valence-electron chi connectivity index (χ3n) is 5.19. The lowest BCUT2D eigenvalue weighted by atomic mass is 9.71. The summed E-state index contributed by atoms with van der Waals surface area (Å²) in [7, 11) is 0. The number of hydrogen-bond donors (Lipinski definition) is 0. The minimum atomic E-state index is 0.114. The predicted molar refractivity (Wildman–Crippen MR) is 68.4 cm³/mol. The number of hydrogen-bond acceptors (Lipinski definition) is 3. The van der Waals surface area contributed by atoms with Crippen LogP contribution in [0.2, 0.25) is 0 Å². The van der Waals surface area contributed by atoms with E-state index >= 15 is 0 Å². The number of rotatable bonds is 1. The Hall–Kier alpha value is -0.410. The molecule has 3 heteroatoms. The second-order valence-electron chi connectivity index (χ2n) is 6.27. The van der Waals surface area contributed by atoms with E-state index in [1.54, 1.807) is 0 Å². The summed E-state index contributed by atoms with van der Waals surface area (Å²) in [6, 6.07) is 0. The Morgan fingerprint density at radius 1 is 0.944 bits per heavy atom. The summed E-state index contributed by atoms with van der Waals surface area (Å²) in [4.78, 5) is 11.3. The molecule has 1 saturated carbocycles. The van der Waals surface area contributed by atoms with Crippen LogP contribution in [0, 0.1) is 11.8 Å². The van der Waals surface area contributed by atoms with Gasteiger partial charge in [-0.15, -0.1) is 0 Å². The topological polar surface area (TPSA) is 35.5 Å². The van der Waals surface area contributed by atoms with E-state index in [2.05, 4.69) is 0 Å². The van der Waals surface area contributed by atoms with Gasteiger partial charge in [0.15, 0.2) is 0 Å². The lowest BCUT2D eigenvalue weighted by Crippen LogP contribution is -2.46. The van der Waals surface area contributed by atoms with E-state index in [1.807, 2.05) is 0 Å². The van der Waals surface area contributed by atoms with E-state index in [0.29, 0.717) is 5.78 Å². The number of ether oxygens (including phenoxy) is 2. The molecule has 3 nitrogen and oxygen atoms in total. The zero-order valence-corrected chi connectivity index (χ0v) is 11.2. The Bertz CT molecular complexity index is 291. The molecule has 1 unspecified atom stereocenters. The maximum atomic E-state index is 11.3. The molecule has 0 aromatic heterocycles. The summed E-state index contributed by atoms with van der Waals surface area (Å²) in [6.07, 6.45) is 8.41. The van der Waals surface area contributed by atoms with Gasteiger partial charge in [0.1, 0.15) is 5.78 Å². The first-order chi connectivity index (χ1) is 8.77. The SMILES string of the molecule is O=C1CCC(C2CCOC3(CCOCC3)C2)CC1. The van der Waals surface area contributed by atoms with Crippen LogP contribution in [0.25, 0.3) is 0 Å². The van der Waals surface area contributed by atoms with E-state index in [-0.39, 0.29) is 5.60 Å². The monoisotopic (exact) mass is 252 g/mol. The van der Waals surface area contributed by atoms with Crippen molar-refractivity contribution in [2.45, 2.75) is 57.0 Å². The van der Waals surface area contributed by atoms with Gasteiger partial charge in [0.05, 0.1) is 5.60 Å². The van der Waals surface area contributed by atoms with Crippen LogP contribution in [0.15, 0.2) is 0 Å². The van der Waals surface area contributed by atoms with Gasteiger partial charge >= 0.3 is 0 Å². The summed E-state index contributed by atoms with van der Waals surface area (Å²) >= 11 is 0. The predicted octanol–water partition coefficient (Wildman–Crippen LogP) is 2.72. The van der Waals surface area contributed by atoms with Gasteiger partial charge < -0.3 is 9.47 Å². The standard InChI is InChI=1S/C15H24O3/c16-14-3-1-12(2-4-14)13-5-8-18-15(11-13)6-9-17-10-7-15/h12-13H,1-11H2. The average Bonchev–Trinajstić information content (AvgIpc) is 2.40. The fourth-order valence-electron chi connectivity index (χ4n) is 3.99. The van der Waals surface area contributed by atoms with Gasteiger partial charge in [0, 0.05) is 32.7 Å². The first-order valence-corrected chi connectivity index (χ1v) is 7.51. The van der Waals surface area contributed by atoms with Gasteiger partial charge in [-0.3, -0.25) is 4.79 Å². The van der Waals surface area contributed by atoms with Crippen LogP contribution < -0.4 is 0 Å². The zero-order valence-electron chi connectivity index (χ0n) is 11.2. The van der Waals surface area contributed by atoms with Crippen molar-refractivity contribution < 1.29 is 14.3 Å². The second-order valence-corrected chi connectivity index (χ2v) is 6.27. The quantitative estimate of drug-likeness (QED) is 0.720. The van der Waals surface area contributed by atoms with Crippen LogP contribution >= 0.6 is 0 Å². The molecule has 1 spiro atoms. The molecule has 3 rings (SSSR count). The highest BCUT2D eigenvalue weighted by Gasteiger charge is 2.41. The summed E-state index contributed by atoms with van der Waals surface area (Å²) < 4.78 is 11.6. The molecule has 3 fully saturated rings. The first kappa shape index (κ1) is 12.6. The van der Waals surface area contributed by atoms with Crippen LogP contribution in [0.4, 0.5) is 0 Å². The summed E-state index contributed by atoms with van der Waals surface area (Å²) in [5.74, 6) is 2.02. The molecule has 3 aliphatic rings. The third-order valence-corrected chi connectivity index (χ3v) is 5.19. The van der Waals surface area contributed by atoms with Crippen molar-refractivity contribution in [2.75, 3.05) is 19.8 Å². The van der Waals surface area contributed by atoms with Gasteiger partial charge in [0.2, 0.25) is 0 Å². The van der Waals surface area contributed by atoms with Gasteiger partial charge in [0.25, 0.3) is 0 Å². The number of carbonyl (C=O) groups excluding carboxylic acids is 1. The van der Waals surface area contributed by atoms with Crippen molar-refractivity contribution in [3.63, 3.8) is 0 Å². The molecule has 1 atom stereocenters. The fraction of sp³-hybridized carbons (Fsp3) is 0.933. The largest absolute Gasteiger partial charge is 0.381 e. The number of carbonyl (C=O) groups is 1.